The molecule has 1 aromatic heterocycles. The predicted molar refractivity (Wildman–Crippen MR) is 68.6 cm³/mol. The first-order chi connectivity index (χ1) is 7.25. The standard InChI is InChI=1S/C11H18N2S2/c1-8-7-15-11(13-8)6-12-10-4-3-5-14-9(10)2/h7,9-10,12H,3-6H2,1-2H3. The Morgan fingerprint density at radius 2 is 2.47 bits per heavy atom. The number of aryl methyl sites for hydroxylation is 1. The third-order valence-electron chi connectivity index (χ3n) is 2.79. The third-order valence-corrected chi connectivity index (χ3v) is 5.13. The molecule has 0 radical (unpaired) electrons. The summed E-state index contributed by atoms with van der Waals surface area (Å²) in [6, 6.07) is 0.674. The lowest BCUT2D eigenvalue weighted by atomic mass is 10.1. The van der Waals surface area contributed by atoms with Gasteiger partial charge in [0.2, 0.25) is 0 Å². The van der Waals surface area contributed by atoms with Gasteiger partial charge in [-0.05, 0) is 25.5 Å². The Morgan fingerprint density at radius 3 is 3.13 bits per heavy atom. The van der Waals surface area contributed by atoms with Crippen molar-refractivity contribution >= 4 is 23.1 Å². The van der Waals surface area contributed by atoms with E-state index in [9.17, 15) is 0 Å². The third kappa shape index (κ3) is 3.20. The van der Waals surface area contributed by atoms with E-state index in [1.807, 2.05) is 0 Å². The first kappa shape index (κ1) is 11.4. The van der Waals surface area contributed by atoms with Crippen molar-refractivity contribution in [3.63, 3.8) is 0 Å². The van der Waals surface area contributed by atoms with Gasteiger partial charge in [-0.3, -0.25) is 0 Å². The molecule has 1 fully saturated rings. The summed E-state index contributed by atoms with van der Waals surface area (Å²) in [5.41, 5.74) is 1.14. The summed E-state index contributed by atoms with van der Waals surface area (Å²) < 4.78 is 0. The highest BCUT2D eigenvalue weighted by atomic mass is 32.2. The predicted octanol–water partition coefficient (Wildman–Crippen LogP) is 2.83. The van der Waals surface area contributed by atoms with Crippen molar-refractivity contribution in [1.82, 2.24) is 10.3 Å². The summed E-state index contributed by atoms with van der Waals surface area (Å²) in [5, 5.41) is 7.72. The average molecular weight is 242 g/mol. The van der Waals surface area contributed by atoms with Gasteiger partial charge < -0.3 is 5.32 Å². The van der Waals surface area contributed by atoms with Gasteiger partial charge in [0.1, 0.15) is 5.01 Å². The van der Waals surface area contributed by atoms with Crippen LogP contribution in [0.25, 0.3) is 0 Å². The minimum absolute atomic E-state index is 0.674. The number of thiazole rings is 1. The zero-order valence-electron chi connectivity index (χ0n) is 9.32. The van der Waals surface area contributed by atoms with Crippen LogP contribution < -0.4 is 5.32 Å². The minimum Gasteiger partial charge on any atom is -0.307 e. The van der Waals surface area contributed by atoms with Crippen LogP contribution in [0.15, 0.2) is 5.38 Å². The molecule has 2 nitrogen and oxygen atoms in total. The number of nitrogens with zero attached hydrogens (tertiary/aromatic N) is 1. The molecule has 0 amide bonds. The molecule has 0 aliphatic carbocycles. The molecule has 0 aromatic carbocycles. The average Bonchev–Trinajstić information content (AvgIpc) is 2.63. The van der Waals surface area contributed by atoms with Gasteiger partial charge in [-0.1, -0.05) is 6.92 Å². The number of aromatic nitrogens is 1. The molecule has 84 valence electrons. The van der Waals surface area contributed by atoms with Crippen LogP contribution in [-0.4, -0.2) is 22.0 Å². The lowest BCUT2D eigenvalue weighted by Crippen LogP contribution is -2.38. The molecule has 4 heteroatoms. The van der Waals surface area contributed by atoms with Crippen LogP contribution in [0.1, 0.15) is 30.5 Å². The van der Waals surface area contributed by atoms with Crippen molar-refractivity contribution in [3.05, 3.63) is 16.1 Å². The van der Waals surface area contributed by atoms with E-state index in [1.54, 1.807) is 11.3 Å². The van der Waals surface area contributed by atoms with E-state index < -0.39 is 0 Å². The molecule has 1 aliphatic heterocycles. The van der Waals surface area contributed by atoms with Gasteiger partial charge in [-0.15, -0.1) is 11.3 Å². The second-order valence-corrected chi connectivity index (χ2v) is 6.52. The van der Waals surface area contributed by atoms with Gasteiger partial charge in [0.15, 0.2) is 0 Å². The van der Waals surface area contributed by atoms with E-state index in [0.717, 1.165) is 17.5 Å². The normalized spacial score (nSPS) is 26.8. The summed E-state index contributed by atoms with van der Waals surface area (Å²) in [5.74, 6) is 1.33. The zero-order valence-corrected chi connectivity index (χ0v) is 11.0. The zero-order chi connectivity index (χ0) is 10.7. The minimum atomic E-state index is 0.674. The molecule has 1 aliphatic rings. The van der Waals surface area contributed by atoms with Crippen LogP contribution >= 0.6 is 23.1 Å². The van der Waals surface area contributed by atoms with Gasteiger partial charge in [-0.2, -0.15) is 11.8 Å². The quantitative estimate of drug-likeness (QED) is 0.882. The van der Waals surface area contributed by atoms with E-state index in [4.69, 9.17) is 0 Å². The van der Waals surface area contributed by atoms with E-state index in [0.29, 0.717) is 6.04 Å². The molecule has 1 aromatic rings. The summed E-state index contributed by atoms with van der Waals surface area (Å²) in [6.07, 6.45) is 2.67. The monoisotopic (exact) mass is 242 g/mol. The molecule has 0 saturated carbocycles. The largest absolute Gasteiger partial charge is 0.307 e. The van der Waals surface area contributed by atoms with Gasteiger partial charge in [0.25, 0.3) is 0 Å². The fourth-order valence-electron chi connectivity index (χ4n) is 1.89. The molecule has 0 bridgehead atoms. The van der Waals surface area contributed by atoms with E-state index in [1.165, 1.54) is 23.6 Å². The topological polar surface area (TPSA) is 24.9 Å². The van der Waals surface area contributed by atoms with Crippen molar-refractivity contribution in [3.8, 4) is 0 Å². The fourth-order valence-corrected chi connectivity index (χ4v) is 3.79. The number of thioether (sulfide) groups is 1. The maximum Gasteiger partial charge on any atom is 0.107 e. The van der Waals surface area contributed by atoms with Crippen LogP contribution in [0.5, 0.6) is 0 Å². The van der Waals surface area contributed by atoms with Gasteiger partial charge >= 0.3 is 0 Å². The summed E-state index contributed by atoms with van der Waals surface area (Å²) in [4.78, 5) is 4.47. The maximum atomic E-state index is 4.47. The van der Waals surface area contributed by atoms with Crippen molar-refractivity contribution in [2.75, 3.05) is 5.75 Å². The number of hydrogen-bond acceptors (Lipinski definition) is 4. The molecule has 2 heterocycles. The lowest BCUT2D eigenvalue weighted by Gasteiger charge is -2.28. The Bertz CT molecular complexity index is 311. The summed E-state index contributed by atoms with van der Waals surface area (Å²) in [7, 11) is 0. The first-order valence-electron chi connectivity index (χ1n) is 5.51. The maximum absolute atomic E-state index is 4.47. The van der Waals surface area contributed by atoms with Crippen LogP contribution in [-0.2, 0) is 6.54 Å². The Balaban J connectivity index is 1.81. The van der Waals surface area contributed by atoms with Crippen molar-refractivity contribution in [1.29, 1.82) is 0 Å². The number of hydrogen-bond donors (Lipinski definition) is 1. The second kappa shape index (κ2) is 5.32. The van der Waals surface area contributed by atoms with Gasteiger partial charge in [-0.25, -0.2) is 4.98 Å². The molecule has 2 atom stereocenters. The highest BCUT2D eigenvalue weighted by Crippen LogP contribution is 2.25. The van der Waals surface area contributed by atoms with Crippen LogP contribution in [0.2, 0.25) is 0 Å². The summed E-state index contributed by atoms with van der Waals surface area (Å²) in [6.45, 7) is 5.32. The molecular weight excluding hydrogens is 224 g/mol. The Morgan fingerprint density at radius 1 is 1.60 bits per heavy atom. The summed E-state index contributed by atoms with van der Waals surface area (Å²) >= 11 is 3.85. The molecule has 1 saturated heterocycles. The molecule has 0 spiro atoms. The van der Waals surface area contributed by atoms with Crippen LogP contribution in [0.4, 0.5) is 0 Å². The van der Waals surface area contributed by atoms with Gasteiger partial charge in [0, 0.05) is 28.9 Å². The van der Waals surface area contributed by atoms with Crippen molar-refractivity contribution in [2.45, 2.75) is 44.5 Å². The van der Waals surface area contributed by atoms with Crippen molar-refractivity contribution in [2.24, 2.45) is 0 Å². The second-order valence-electron chi connectivity index (χ2n) is 4.09. The van der Waals surface area contributed by atoms with Crippen LogP contribution in [0.3, 0.4) is 0 Å². The molecular formula is C11H18N2S2. The fraction of sp³-hybridized carbons (Fsp3) is 0.727. The number of rotatable bonds is 3. The lowest BCUT2D eigenvalue weighted by molar-refractivity contribution is 0.461. The van der Waals surface area contributed by atoms with Crippen LogP contribution in [0, 0.1) is 6.92 Å². The molecule has 2 unspecified atom stereocenters. The molecule has 15 heavy (non-hydrogen) atoms. The smallest absolute Gasteiger partial charge is 0.107 e. The van der Waals surface area contributed by atoms with Crippen molar-refractivity contribution < 1.29 is 0 Å². The SMILES string of the molecule is Cc1csc(CNC2CCCSC2C)n1. The highest BCUT2D eigenvalue weighted by Gasteiger charge is 2.21. The Labute approximate surface area is 99.9 Å². The Kier molecular flexibility index (Phi) is 4.05. The highest BCUT2D eigenvalue weighted by molar-refractivity contribution is 7.99. The van der Waals surface area contributed by atoms with E-state index in [-0.39, 0.29) is 0 Å². The van der Waals surface area contributed by atoms with E-state index >= 15 is 0 Å². The van der Waals surface area contributed by atoms with E-state index in [2.05, 4.69) is 41.3 Å². The number of nitrogens with one attached hydrogen (secondary N) is 1. The first-order valence-corrected chi connectivity index (χ1v) is 7.44. The van der Waals surface area contributed by atoms with Gasteiger partial charge in [0.05, 0.1) is 0 Å². The Hall–Kier alpha value is -0.0600. The molecule has 1 N–H and O–H groups in total. The molecule has 2 rings (SSSR count).